The number of H-pyrrole nitrogens is 1. The zero-order valence-corrected chi connectivity index (χ0v) is 12.0. The molecule has 0 saturated heterocycles. The van der Waals surface area contributed by atoms with Crippen molar-refractivity contribution < 1.29 is 22.7 Å². The Balaban J connectivity index is 2.12. The van der Waals surface area contributed by atoms with Crippen LogP contribution in [0.5, 0.6) is 5.75 Å². The topological polar surface area (TPSA) is 71.2 Å². The average molecular weight is 326 g/mol. The van der Waals surface area contributed by atoms with Gasteiger partial charge in [-0.25, -0.2) is 0 Å². The van der Waals surface area contributed by atoms with E-state index < -0.39 is 23.6 Å². The van der Waals surface area contributed by atoms with Gasteiger partial charge in [0.15, 0.2) is 0 Å². The Hall–Kier alpha value is -2.77. The quantitative estimate of drug-likeness (QED) is 0.907. The fraction of sp³-hybridized carbons (Fsp3) is 0.200. The van der Waals surface area contributed by atoms with Gasteiger partial charge in [0.2, 0.25) is 0 Å². The standard InChI is InChI=1S/C15H13F3N2O3/c1-9-6-7-11(14(22)20-9)13(21)19-8-10-4-2-3-5-12(10)23-15(16,17)18/h2-7H,8H2,1H3,(H,19,21)(H,20,22). The lowest BCUT2D eigenvalue weighted by Gasteiger charge is -2.13. The van der Waals surface area contributed by atoms with Crippen molar-refractivity contribution in [2.24, 2.45) is 0 Å². The molecule has 0 saturated carbocycles. The summed E-state index contributed by atoms with van der Waals surface area (Å²) < 4.78 is 40.9. The highest BCUT2D eigenvalue weighted by Gasteiger charge is 2.32. The first-order valence-electron chi connectivity index (χ1n) is 6.58. The number of carbonyl (C=O) groups excluding carboxylic acids is 1. The first kappa shape index (κ1) is 16.6. The summed E-state index contributed by atoms with van der Waals surface area (Å²) in [6, 6.07) is 8.34. The van der Waals surface area contributed by atoms with E-state index in [0.717, 1.165) is 6.07 Å². The summed E-state index contributed by atoms with van der Waals surface area (Å²) in [6.45, 7) is 1.45. The molecular weight excluding hydrogens is 313 g/mol. The van der Waals surface area contributed by atoms with Crippen molar-refractivity contribution >= 4 is 5.91 Å². The lowest BCUT2D eigenvalue weighted by molar-refractivity contribution is -0.274. The smallest absolute Gasteiger partial charge is 0.405 e. The molecule has 122 valence electrons. The number of benzene rings is 1. The molecule has 0 bridgehead atoms. The van der Waals surface area contributed by atoms with Crippen LogP contribution in [0.2, 0.25) is 0 Å². The Kier molecular flexibility index (Phi) is 4.73. The molecule has 0 aliphatic carbocycles. The number of halogens is 3. The monoisotopic (exact) mass is 326 g/mol. The fourth-order valence-electron chi connectivity index (χ4n) is 1.90. The van der Waals surface area contributed by atoms with Gasteiger partial charge in [-0.2, -0.15) is 0 Å². The van der Waals surface area contributed by atoms with E-state index in [2.05, 4.69) is 15.0 Å². The van der Waals surface area contributed by atoms with E-state index in [1.807, 2.05) is 0 Å². The summed E-state index contributed by atoms with van der Waals surface area (Å²) in [7, 11) is 0. The van der Waals surface area contributed by atoms with Gasteiger partial charge in [-0.15, -0.1) is 13.2 Å². The van der Waals surface area contributed by atoms with E-state index in [-0.39, 0.29) is 17.7 Å². The summed E-state index contributed by atoms with van der Waals surface area (Å²) in [5, 5.41) is 2.40. The number of carbonyl (C=O) groups is 1. The molecule has 23 heavy (non-hydrogen) atoms. The molecular formula is C15H13F3N2O3. The first-order valence-corrected chi connectivity index (χ1v) is 6.58. The molecule has 0 aliphatic rings. The summed E-state index contributed by atoms with van der Waals surface area (Å²) in [5.74, 6) is -1.09. The van der Waals surface area contributed by atoms with Crippen LogP contribution in [0.3, 0.4) is 0 Å². The van der Waals surface area contributed by atoms with Gasteiger partial charge in [-0.05, 0) is 25.1 Å². The zero-order valence-electron chi connectivity index (χ0n) is 12.0. The summed E-state index contributed by atoms with van der Waals surface area (Å²) in [5.41, 5.74) is 0.0457. The maximum Gasteiger partial charge on any atom is 0.573 e. The predicted octanol–water partition coefficient (Wildman–Crippen LogP) is 2.51. The van der Waals surface area contributed by atoms with E-state index in [1.54, 1.807) is 13.0 Å². The number of alkyl halides is 3. The van der Waals surface area contributed by atoms with Crippen molar-refractivity contribution in [2.45, 2.75) is 19.8 Å². The van der Waals surface area contributed by atoms with E-state index in [1.165, 1.54) is 24.3 Å². The lowest BCUT2D eigenvalue weighted by atomic mass is 10.2. The minimum Gasteiger partial charge on any atom is -0.405 e. The van der Waals surface area contributed by atoms with Crippen molar-refractivity contribution in [1.82, 2.24) is 10.3 Å². The number of rotatable bonds is 4. The van der Waals surface area contributed by atoms with E-state index in [9.17, 15) is 22.8 Å². The van der Waals surface area contributed by atoms with E-state index in [0.29, 0.717) is 5.69 Å². The molecule has 0 radical (unpaired) electrons. The summed E-state index contributed by atoms with van der Waals surface area (Å²) in [6.07, 6.45) is -4.83. The molecule has 0 fully saturated rings. The molecule has 8 heteroatoms. The van der Waals surface area contributed by atoms with E-state index in [4.69, 9.17) is 0 Å². The number of aromatic amines is 1. The Morgan fingerprint density at radius 2 is 1.91 bits per heavy atom. The Bertz CT molecular complexity index is 769. The van der Waals surface area contributed by atoms with Gasteiger partial charge in [0.25, 0.3) is 11.5 Å². The molecule has 1 aromatic heterocycles. The third-order valence-corrected chi connectivity index (χ3v) is 2.94. The van der Waals surface area contributed by atoms with Crippen LogP contribution < -0.4 is 15.6 Å². The fourth-order valence-corrected chi connectivity index (χ4v) is 1.90. The number of pyridine rings is 1. The molecule has 0 aliphatic heterocycles. The van der Waals surface area contributed by atoms with Crippen molar-refractivity contribution in [3.8, 4) is 5.75 Å². The summed E-state index contributed by atoms with van der Waals surface area (Å²) in [4.78, 5) is 26.1. The number of aryl methyl sites for hydroxylation is 1. The second-order valence-electron chi connectivity index (χ2n) is 4.72. The zero-order chi connectivity index (χ0) is 17.0. The predicted molar refractivity (Wildman–Crippen MR) is 76.1 cm³/mol. The van der Waals surface area contributed by atoms with Crippen molar-refractivity contribution in [3.05, 3.63) is 63.6 Å². The number of aromatic nitrogens is 1. The molecule has 2 rings (SSSR count). The molecule has 0 spiro atoms. The van der Waals surface area contributed by atoms with Crippen molar-refractivity contribution in [1.29, 1.82) is 0 Å². The SMILES string of the molecule is Cc1ccc(C(=O)NCc2ccccc2OC(F)(F)F)c(=O)[nH]1. The number of amides is 1. The average Bonchev–Trinajstić information content (AvgIpc) is 2.44. The Morgan fingerprint density at radius 1 is 1.22 bits per heavy atom. The van der Waals surface area contributed by atoms with Crippen molar-refractivity contribution in [2.75, 3.05) is 0 Å². The summed E-state index contributed by atoms with van der Waals surface area (Å²) >= 11 is 0. The van der Waals surface area contributed by atoms with Crippen LogP contribution in [0.15, 0.2) is 41.2 Å². The normalized spacial score (nSPS) is 11.1. The van der Waals surface area contributed by atoms with Crippen LogP contribution in [0.4, 0.5) is 13.2 Å². The second-order valence-corrected chi connectivity index (χ2v) is 4.72. The highest BCUT2D eigenvalue weighted by atomic mass is 19.4. The van der Waals surface area contributed by atoms with Crippen LogP contribution in [-0.2, 0) is 6.54 Å². The minimum absolute atomic E-state index is 0.121. The number of hydrogen-bond acceptors (Lipinski definition) is 3. The number of para-hydroxylation sites is 1. The number of nitrogens with one attached hydrogen (secondary N) is 2. The lowest BCUT2D eigenvalue weighted by Crippen LogP contribution is -2.29. The van der Waals surface area contributed by atoms with Gasteiger partial charge in [0.05, 0.1) is 0 Å². The molecule has 2 N–H and O–H groups in total. The maximum atomic E-state index is 12.3. The highest BCUT2D eigenvalue weighted by Crippen LogP contribution is 2.26. The Labute approximate surface area is 129 Å². The van der Waals surface area contributed by atoms with Crippen LogP contribution in [0, 0.1) is 6.92 Å². The maximum absolute atomic E-state index is 12.3. The van der Waals surface area contributed by atoms with Gasteiger partial charge in [0.1, 0.15) is 11.3 Å². The largest absolute Gasteiger partial charge is 0.573 e. The van der Waals surface area contributed by atoms with Gasteiger partial charge in [-0.1, -0.05) is 18.2 Å². The second kappa shape index (κ2) is 6.55. The number of ether oxygens (including phenoxy) is 1. The van der Waals surface area contributed by atoms with Crippen LogP contribution in [-0.4, -0.2) is 17.3 Å². The third kappa shape index (κ3) is 4.60. The van der Waals surface area contributed by atoms with Gasteiger partial charge in [0, 0.05) is 17.8 Å². The number of hydrogen-bond donors (Lipinski definition) is 2. The molecule has 2 aromatic rings. The molecule has 0 unspecified atom stereocenters. The van der Waals surface area contributed by atoms with Gasteiger partial charge < -0.3 is 15.0 Å². The van der Waals surface area contributed by atoms with Crippen molar-refractivity contribution in [3.63, 3.8) is 0 Å². The van der Waals surface area contributed by atoms with Crippen LogP contribution in [0.25, 0.3) is 0 Å². The molecule has 5 nitrogen and oxygen atoms in total. The first-order chi connectivity index (χ1) is 10.8. The third-order valence-electron chi connectivity index (χ3n) is 2.94. The molecule has 0 atom stereocenters. The van der Waals surface area contributed by atoms with E-state index >= 15 is 0 Å². The minimum atomic E-state index is -4.83. The van der Waals surface area contributed by atoms with Crippen LogP contribution in [0.1, 0.15) is 21.6 Å². The van der Waals surface area contributed by atoms with Gasteiger partial charge in [-0.3, -0.25) is 9.59 Å². The van der Waals surface area contributed by atoms with Gasteiger partial charge >= 0.3 is 6.36 Å². The highest BCUT2D eigenvalue weighted by molar-refractivity contribution is 5.93. The molecule has 1 aromatic carbocycles. The molecule has 1 heterocycles. The Morgan fingerprint density at radius 3 is 2.57 bits per heavy atom. The van der Waals surface area contributed by atoms with Crippen LogP contribution >= 0.6 is 0 Å². The molecule has 1 amide bonds.